The lowest BCUT2D eigenvalue weighted by Gasteiger charge is -2.10. The first-order chi connectivity index (χ1) is 14.2. The Morgan fingerprint density at radius 2 is 2.13 bits per heavy atom. The van der Waals surface area contributed by atoms with Gasteiger partial charge in [-0.1, -0.05) is 12.1 Å². The van der Waals surface area contributed by atoms with Crippen LogP contribution in [0.4, 0.5) is 0 Å². The molecular weight excluding hydrogens is 493 g/mol. The SMILES string of the molecule is CCNC(=NCc1nc(-c2ccco2)n[nH]1)NCCc1c[nH]c2cc(C)ccc12.I. The summed E-state index contributed by atoms with van der Waals surface area (Å²) in [6, 6.07) is 10.1. The Morgan fingerprint density at radius 1 is 1.23 bits per heavy atom. The fraction of sp³-hybridized carbons (Fsp3) is 0.286. The minimum Gasteiger partial charge on any atom is -0.461 e. The first kappa shape index (κ1) is 21.9. The molecule has 1 aromatic carbocycles. The van der Waals surface area contributed by atoms with E-state index in [1.54, 1.807) is 6.26 Å². The molecule has 0 fully saturated rings. The highest BCUT2D eigenvalue weighted by molar-refractivity contribution is 14.0. The van der Waals surface area contributed by atoms with E-state index in [0.717, 1.165) is 25.5 Å². The van der Waals surface area contributed by atoms with Crippen molar-refractivity contribution >= 4 is 40.8 Å². The number of guanidine groups is 1. The molecule has 0 unspecified atom stereocenters. The van der Waals surface area contributed by atoms with Gasteiger partial charge in [0.1, 0.15) is 12.4 Å². The Bertz CT molecular complexity index is 1100. The van der Waals surface area contributed by atoms with E-state index in [4.69, 9.17) is 4.42 Å². The molecule has 9 heteroatoms. The third kappa shape index (κ3) is 5.21. The van der Waals surface area contributed by atoms with E-state index >= 15 is 0 Å². The fourth-order valence-electron chi connectivity index (χ4n) is 3.20. The number of aromatic amines is 2. The molecule has 0 spiro atoms. The van der Waals surface area contributed by atoms with Crippen molar-refractivity contribution in [1.29, 1.82) is 0 Å². The molecule has 0 bridgehead atoms. The van der Waals surface area contributed by atoms with Gasteiger partial charge in [0, 0.05) is 30.2 Å². The van der Waals surface area contributed by atoms with Gasteiger partial charge in [0.05, 0.1) is 6.26 Å². The normalized spacial score (nSPS) is 11.5. The second-order valence-corrected chi connectivity index (χ2v) is 6.82. The first-order valence-corrected chi connectivity index (χ1v) is 9.77. The van der Waals surface area contributed by atoms with E-state index < -0.39 is 0 Å². The second-order valence-electron chi connectivity index (χ2n) is 6.82. The molecule has 3 heterocycles. The first-order valence-electron chi connectivity index (χ1n) is 9.77. The number of halogens is 1. The summed E-state index contributed by atoms with van der Waals surface area (Å²) in [7, 11) is 0. The van der Waals surface area contributed by atoms with Crippen molar-refractivity contribution in [3.05, 3.63) is 59.7 Å². The molecule has 158 valence electrons. The molecule has 4 aromatic rings. The van der Waals surface area contributed by atoms with Crippen LogP contribution in [-0.2, 0) is 13.0 Å². The Morgan fingerprint density at radius 3 is 2.93 bits per heavy atom. The van der Waals surface area contributed by atoms with Crippen molar-refractivity contribution in [1.82, 2.24) is 30.8 Å². The van der Waals surface area contributed by atoms with Crippen LogP contribution in [0.5, 0.6) is 0 Å². The molecule has 3 aromatic heterocycles. The van der Waals surface area contributed by atoms with E-state index in [1.807, 2.05) is 19.1 Å². The van der Waals surface area contributed by atoms with Gasteiger partial charge in [-0.25, -0.2) is 9.98 Å². The predicted molar refractivity (Wildman–Crippen MR) is 129 cm³/mol. The minimum absolute atomic E-state index is 0. The summed E-state index contributed by atoms with van der Waals surface area (Å²) < 4.78 is 5.31. The van der Waals surface area contributed by atoms with E-state index in [-0.39, 0.29) is 24.0 Å². The monoisotopic (exact) mass is 519 g/mol. The molecule has 0 saturated carbocycles. The summed E-state index contributed by atoms with van der Waals surface area (Å²) in [6.07, 6.45) is 4.59. The number of nitrogens with one attached hydrogen (secondary N) is 4. The van der Waals surface area contributed by atoms with Crippen molar-refractivity contribution in [2.75, 3.05) is 13.1 Å². The molecule has 0 amide bonds. The predicted octanol–water partition coefficient (Wildman–Crippen LogP) is 3.77. The average molecular weight is 519 g/mol. The number of furan rings is 1. The summed E-state index contributed by atoms with van der Waals surface area (Å²) in [5, 5.41) is 15.0. The van der Waals surface area contributed by atoms with Gasteiger partial charge >= 0.3 is 0 Å². The number of nitrogens with zero attached hydrogens (tertiary/aromatic N) is 3. The van der Waals surface area contributed by atoms with Gasteiger partial charge in [-0.15, -0.1) is 29.1 Å². The van der Waals surface area contributed by atoms with Crippen LogP contribution in [0.15, 0.2) is 52.2 Å². The smallest absolute Gasteiger partial charge is 0.216 e. The van der Waals surface area contributed by atoms with Crippen molar-refractivity contribution in [2.45, 2.75) is 26.8 Å². The minimum atomic E-state index is 0. The standard InChI is InChI=1S/C21H25N7O.HI/c1-3-22-21(25-13-19-26-20(28-27-19)18-5-4-10-29-18)23-9-8-15-12-24-17-11-14(2)6-7-16(15)17;/h4-7,10-12,24H,3,8-9,13H2,1-2H3,(H2,22,23,25)(H,26,27,28);1H. The van der Waals surface area contributed by atoms with Crippen molar-refractivity contribution in [3.63, 3.8) is 0 Å². The van der Waals surface area contributed by atoms with Gasteiger partial charge in [0.15, 0.2) is 11.7 Å². The largest absolute Gasteiger partial charge is 0.461 e. The lowest BCUT2D eigenvalue weighted by atomic mass is 10.1. The van der Waals surface area contributed by atoms with E-state index in [1.165, 1.54) is 22.0 Å². The van der Waals surface area contributed by atoms with Crippen LogP contribution < -0.4 is 10.6 Å². The molecule has 8 nitrogen and oxygen atoms in total. The zero-order chi connectivity index (χ0) is 20.1. The zero-order valence-electron chi connectivity index (χ0n) is 17.0. The third-order valence-electron chi connectivity index (χ3n) is 4.61. The highest BCUT2D eigenvalue weighted by atomic mass is 127. The van der Waals surface area contributed by atoms with Gasteiger partial charge in [-0.3, -0.25) is 5.10 Å². The fourth-order valence-corrected chi connectivity index (χ4v) is 3.20. The highest BCUT2D eigenvalue weighted by Crippen LogP contribution is 2.19. The summed E-state index contributed by atoms with van der Waals surface area (Å²) >= 11 is 0. The lowest BCUT2D eigenvalue weighted by Crippen LogP contribution is -2.38. The number of aromatic nitrogens is 4. The van der Waals surface area contributed by atoms with E-state index in [9.17, 15) is 0 Å². The Hall–Kier alpha value is -2.82. The zero-order valence-corrected chi connectivity index (χ0v) is 19.4. The van der Waals surface area contributed by atoms with Gasteiger partial charge in [0.25, 0.3) is 0 Å². The molecule has 30 heavy (non-hydrogen) atoms. The lowest BCUT2D eigenvalue weighted by molar-refractivity contribution is 0.577. The van der Waals surface area contributed by atoms with Gasteiger partial charge in [-0.2, -0.15) is 0 Å². The molecule has 0 aliphatic heterocycles. The van der Waals surface area contributed by atoms with Crippen LogP contribution in [0.2, 0.25) is 0 Å². The number of aliphatic imine (C=N–C) groups is 1. The quantitative estimate of drug-likeness (QED) is 0.169. The molecule has 0 saturated heterocycles. The average Bonchev–Trinajstić information content (AvgIpc) is 3.46. The van der Waals surface area contributed by atoms with Crippen LogP contribution in [0.1, 0.15) is 23.9 Å². The number of H-pyrrole nitrogens is 2. The van der Waals surface area contributed by atoms with Crippen molar-refractivity contribution in [3.8, 4) is 11.6 Å². The van der Waals surface area contributed by atoms with E-state index in [0.29, 0.717) is 24.0 Å². The third-order valence-corrected chi connectivity index (χ3v) is 4.61. The number of hydrogen-bond acceptors (Lipinski definition) is 4. The Labute approximate surface area is 192 Å². The van der Waals surface area contributed by atoms with Gasteiger partial charge in [0.2, 0.25) is 5.82 Å². The topological polar surface area (TPSA) is 107 Å². The maximum atomic E-state index is 5.31. The Kier molecular flexibility index (Phi) is 7.50. The number of benzene rings is 1. The number of aryl methyl sites for hydroxylation is 1. The van der Waals surface area contributed by atoms with Crippen molar-refractivity contribution < 1.29 is 4.42 Å². The second kappa shape index (κ2) is 10.3. The highest BCUT2D eigenvalue weighted by Gasteiger charge is 2.08. The van der Waals surface area contributed by atoms with Crippen molar-refractivity contribution in [2.24, 2.45) is 4.99 Å². The molecule has 0 radical (unpaired) electrons. The Balaban J connectivity index is 0.00000256. The number of hydrogen-bond donors (Lipinski definition) is 4. The van der Waals surface area contributed by atoms with Crippen LogP contribution in [0.25, 0.3) is 22.5 Å². The van der Waals surface area contributed by atoms with Gasteiger partial charge in [-0.05, 0) is 49.6 Å². The molecule has 4 N–H and O–H groups in total. The molecule has 0 aliphatic carbocycles. The van der Waals surface area contributed by atoms with Crippen LogP contribution >= 0.6 is 24.0 Å². The number of fused-ring (bicyclic) bond motifs is 1. The molecule has 4 rings (SSSR count). The summed E-state index contributed by atoms with van der Waals surface area (Å²) in [5.74, 6) is 2.60. The number of rotatable bonds is 7. The summed E-state index contributed by atoms with van der Waals surface area (Å²) in [5.41, 5.74) is 3.73. The van der Waals surface area contributed by atoms with Gasteiger partial charge < -0.3 is 20.0 Å². The molecular formula is C21H26IN7O. The summed E-state index contributed by atoms with van der Waals surface area (Å²) in [4.78, 5) is 12.4. The summed E-state index contributed by atoms with van der Waals surface area (Å²) in [6.45, 7) is 6.11. The van der Waals surface area contributed by atoms with Crippen LogP contribution in [-0.4, -0.2) is 39.2 Å². The molecule has 0 aliphatic rings. The van der Waals surface area contributed by atoms with Crippen LogP contribution in [0, 0.1) is 6.92 Å². The van der Waals surface area contributed by atoms with Crippen LogP contribution in [0.3, 0.4) is 0 Å². The maximum Gasteiger partial charge on any atom is 0.216 e. The maximum absolute atomic E-state index is 5.31. The molecule has 0 atom stereocenters. The van der Waals surface area contributed by atoms with E-state index in [2.05, 4.69) is 67.1 Å².